The highest BCUT2D eigenvalue weighted by Gasteiger charge is 2.11. The first-order chi connectivity index (χ1) is 9.18. The van der Waals surface area contributed by atoms with Gasteiger partial charge in [-0.2, -0.15) is 0 Å². The van der Waals surface area contributed by atoms with Crippen molar-refractivity contribution in [3.05, 3.63) is 59.4 Å². The summed E-state index contributed by atoms with van der Waals surface area (Å²) in [5.74, 6) is -0.347. The molecule has 1 aromatic carbocycles. The molecule has 0 aliphatic rings. The number of nitrogen functional groups attached to an aromatic ring is 1. The number of hydrogen-bond acceptors (Lipinski definition) is 4. The summed E-state index contributed by atoms with van der Waals surface area (Å²) in [5, 5.41) is 0. The molecule has 2 aromatic rings. The van der Waals surface area contributed by atoms with Crippen LogP contribution in [0.25, 0.3) is 0 Å². The maximum Gasteiger partial charge on any atom is 0.338 e. The van der Waals surface area contributed by atoms with Crippen LogP contribution in [0.3, 0.4) is 0 Å². The monoisotopic (exact) mass is 256 g/mol. The minimum absolute atomic E-state index is 0.310. The fraction of sp³-hybridized carbons (Fsp3) is 0.200. The normalized spacial score (nSPS) is 10.2. The molecule has 98 valence electrons. The van der Waals surface area contributed by atoms with Gasteiger partial charge >= 0.3 is 5.97 Å². The molecule has 4 nitrogen and oxygen atoms in total. The minimum Gasteiger partial charge on any atom is -0.462 e. The van der Waals surface area contributed by atoms with E-state index >= 15 is 0 Å². The number of rotatable bonds is 4. The van der Waals surface area contributed by atoms with Gasteiger partial charge in [0.25, 0.3) is 0 Å². The molecule has 0 spiro atoms. The lowest BCUT2D eigenvalue weighted by atomic mass is 10.1. The van der Waals surface area contributed by atoms with E-state index in [4.69, 9.17) is 10.5 Å². The molecular formula is C15H16N2O2. The fourth-order valence-corrected chi connectivity index (χ4v) is 1.75. The summed E-state index contributed by atoms with van der Waals surface area (Å²) < 4.78 is 5.23. The lowest BCUT2D eigenvalue weighted by molar-refractivity contribution is 0.0507. The van der Waals surface area contributed by atoms with Crippen LogP contribution in [0.5, 0.6) is 0 Å². The van der Waals surface area contributed by atoms with Gasteiger partial charge in [0.05, 0.1) is 12.2 Å². The number of hydrogen-bond donors (Lipinski definition) is 1. The zero-order valence-electron chi connectivity index (χ0n) is 10.8. The van der Waals surface area contributed by atoms with E-state index < -0.39 is 0 Å². The SMILES string of the molecule is Cc1c(N)cccc1C(=O)OCCc1ccccn1. The number of benzene rings is 1. The lowest BCUT2D eigenvalue weighted by Gasteiger charge is -2.08. The Hall–Kier alpha value is -2.36. The Morgan fingerprint density at radius 2 is 2.11 bits per heavy atom. The second-order valence-corrected chi connectivity index (χ2v) is 4.23. The van der Waals surface area contributed by atoms with Gasteiger partial charge in [-0.15, -0.1) is 0 Å². The van der Waals surface area contributed by atoms with Crippen molar-refractivity contribution in [2.24, 2.45) is 0 Å². The molecule has 0 saturated heterocycles. The standard InChI is InChI=1S/C15H16N2O2/c1-11-13(6-4-7-14(11)16)15(18)19-10-8-12-5-2-3-9-17-12/h2-7,9H,8,10,16H2,1H3. The fourth-order valence-electron chi connectivity index (χ4n) is 1.75. The first-order valence-corrected chi connectivity index (χ1v) is 6.10. The predicted octanol–water partition coefficient (Wildman–Crippen LogP) is 2.37. The molecule has 0 atom stereocenters. The molecule has 0 radical (unpaired) electrons. The molecule has 2 N–H and O–H groups in total. The van der Waals surface area contributed by atoms with Crippen molar-refractivity contribution in [2.45, 2.75) is 13.3 Å². The van der Waals surface area contributed by atoms with Gasteiger partial charge < -0.3 is 10.5 Å². The highest BCUT2D eigenvalue weighted by Crippen LogP contribution is 2.16. The maximum absolute atomic E-state index is 11.9. The molecule has 0 fully saturated rings. The molecule has 0 unspecified atom stereocenters. The highest BCUT2D eigenvalue weighted by molar-refractivity contribution is 5.92. The highest BCUT2D eigenvalue weighted by atomic mass is 16.5. The van der Waals surface area contributed by atoms with E-state index in [0.29, 0.717) is 24.3 Å². The van der Waals surface area contributed by atoms with Gasteiger partial charge in [0.2, 0.25) is 0 Å². The molecule has 0 bridgehead atoms. The van der Waals surface area contributed by atoms with Gasteiger partial charge in [0.1, 0.15) is 0 Å². The Balaban J connectivity index is 1.93. The van der Waals surface area contributed by atoms with Crippen molar-refractivity contribution in [3.8, 4) is 0 Å². The van der Waals surface area contributed by atoms with Gasteiger partial charge in [-0.3, -0.25) is 4.98 Å². The molecular weight excluding hydrogens is 240 g/mol. The number of nitrogens with zero attached hydrogens (tertiary/aromatic N) is 1. The van der Waals surface area contributed by atoms with Crippen molar-refractivity contribution in [1.29, 1.82) is 0 Å². The summed E-state index contributed by atoms with van der Waals surface area (Å²) in [6, 6.07) is 10.9. The molecule has 0 saturated carbocycles. The van der Waals surface area contributed by atoms with Crippen LogP contribution in [-0.4, -0.2) is 17.6 Å². The van der Waals surface area contributed by atoms with Gasteiger partial charge in [0, 0.05) is 24.0 Å². The maximum atomic E-state index is 11.9. The lowest BCUT2D eigenvalue weighted by Crippen LogP contribution is -2.11. The molecule has 2 rings (SSSR count). The van der Waals surface area contributed by atoms with E-state index in [1.54, 1.807) is 24.4 Å². The number of anilines is 1. The number of esters is 1. The summed E-state index contributed by atoms with van der Waals surface area (Å²) in [7, 11) is 0. The van der Waals surface area contributed by atoms with Gasteiger partial charge in [-0.25, -0.2) is 4.79 Å². The molecule has 0 aliphatic heterocycles. The Labute approximate surface area is 112 Å². The number of ether oxygens (including phenoxy) is 1. The van der Waals surface area contributed by atoms with Crippen LogP contribution in [0, 0.1) is 6.92 Å². The molecule has 1 aromatic heterocycles. The third-order valence-corrected chi connectivity index (χ3v) is 2.91. The summed E-state index contributed by atoms with van der Waals surface area (Å²) in [4.78, 5) is 16.1. The van der Waals surface area contributed by atoms with Gasteiger partial charge in [-0.1, -0.05) is 12.1 Å². The summed E-state index contributed by atoms with van der Waals surface area (Å²) in [6.07, 6.45) is 2.33. The van der Waals surface area contributed by atoms with E-state index in [9.17, 15) is 4.79 Å². The van der Waals surface area contributed by atoms with Crippen LogP contribution in [0.4, 0.5) is 5.69 Å². The third-order valence-electron chi connectivity index (χ3n) is 2.91. The third kappa shape index (κ3) is 3.31. The molecule has 4 heteroatoms. The van der Waals surface area contributed by atoms with Crippen molar-refractivity contribution >= 4 is 11.7 Å². The number of aromatic nitrogens is 1. The van der Waals surface area contributed by atoms with Crippen LogP contribution >= 0.6 is 0 Å². The van der Waals surface area contributed by atoms with Crippen molar-refractivity contribution < 1.29 is 9.53 Å². The van der Waals surface area contributed by atoms with Crippen LogP contribution in [0.1, 0.15) is 21.6 Å². The molecule has 0 aliphatic carbocycles. The quantitative estimate of drug-likeness (QED) is 0.673. The Kier molecular flexibility index (Phi) is 4.13. The van der Waals surface area contributed by atoms with Crippen LogP contribution in [0.2, 0.25) is 0 Å². The van der Waals surface area contributed by atoms with E-state index in [1.807, 2.05) is 25.1 Å². The second-order valence-electron chi connectivity index (χ2n) is 4.23. The van der Waals surface area contributed by atoms with Crippen molar-refractivity contribution in [1.82, 2.24) is 4.98 Å². The topological polar surface area (TPSA) is 65.2 Å². The van der Waals surface area contributed by atoms with Crippen molar-refractivity contribution in [2.75, 3.05) is 12.3 Å². The molecule has 19 heavy (non-hydrogen) atoms. The Morgan fingerprint density at radius 1 is 1.26 bits per heavy atom. The first kappa shape index (κ1) is 13.1. The van der Waals surface area contributed by atoms with Crippen LogP contribution < -0.4 is 5.73 Å². The number of carbonyl (C=O) groups excluding carboxylic acids is 1. The van der Waals surface area contributed by atoms with Crippen LogP contribution in [-0.2, 0) is 11.2 Å². The Bertz CT molecular complexity index is 568. The van der Waals surface area contributed by atoms with Crippen LogP contribution in [0.15, 0.2) is 42.6 Å². The molecule has 1 heterocycles. The Morgan fingerprint density at radius 3 is 2.84 bits per heavy atom. The minimum atomic E-state index is -0.347. The van der Waals surface area contributed by atoms with E-state index in [1.165, 1.54) is 0 Å². The predicted molar refractivity (Wildman–Crippen MR) is 73.8 cm³/mol. The van der Waals surface area contributed by atoms with E-state index in [2.05, 4.69) is 4.98 Å². The second kappa shape index (κ2) is 6.00. The number of carbonyl (C=O) groups is 1. The zero-order chi connectivity index (χ0) is 13.7. The van der Waals surface area contributed by atoms with E-state index in [0.717, 1.165) is 11.3 Å². The smallest absolute Gasteiger partial charge is 0.338 e. The number of pyridine rings is 1. The van der Waals surface area contributed by atoms with Crippen molar-refractivity contribution in [3.63, 3.8) is 0 Å². The summed E-state index contributed by atoms with van der Waals surface area (Å²) >= 11 is 0. The van der Waals surface area contributed by atoms with Gasteiger partial charge in [-0.05, 0) is 36.8 Å². The average molecular weight is 256 g/mol. The van der Waals surface area contributed by atoms with Gasteiger partial charge in [0.15, 0.2) is 0 Å². The van der Waals surface area contributed by atoms with E-state index in [-0.39, 0.29) is 5.97 Å². The number of nitrogens with two attached hydrogens (primary N) is 1. The summed E-state index contributed by atoms with van der Waals surface area (Å²) in [6.45, 7) is 2.12. The summed E-state index contributed by atoms with van der Waals surface area (Å²) in [5.41, 5.74) is 8.53. The molecule has 0 amide bonds. The average Bonchev–Trinajstić information content (AvgIpc) is 2.43. The zero-order valence-corrected chi connectivity index (χ0v) is 10.8. The first-order valence-electron chi connectivity index (χ1n) is 6.10. The largest absolute Gasteiger partial charge is 0.462 e.